The third kappa shape index (κ3) is 5.96. The lowest BCUT2D eigenvalue weighted by Gasteiger charge is -2.49. The maximum atomic E-state index is 2.80. The van der Waals surface area contributed by atoms with E-state index >= 15 is 0 Å². The van der Waals surface area contributed by atoms with Gasteiger partial charge in [0.15, 0.2) is 18.1 Å². The summed E-state index contributed by atoms with van der Waals surface area (Å²) < 4.78 is 7.48. The molecule has 3 aliphatic heterocycles. The van der Waals surface area contributed by atoms with Crippen LogP contribution in [0.3, 0.4) is 0 Å². The fraction of sp³-hybridized carbons (Fsp3) is 0.105. The number of likely N-dealkylation sites (N-methyl/N-ethyl adjacent to an activating group) is 3. The largest absolute Gasteiger partial charge is 0.310 e. The standard InChI is InChI=1S/C57H48N7/c1-58-49-34-46(61(40-22-10-4-11-23-40)41-24-12-5-13-25-41)36-51-55(49)64-56-50(58)35-47(62(42-26-14-6-15-27-42)43-28-16-7-17-29-43)37-52(56)60(3)54-39-48(38-53(57(54)64)59(51)2)63(44-30-18-8-19-31-44)45-32-20-9-21-33-45/h4-39,55-57H,1-3H3/q+3. The van der Waals surface area contributed by atoms with Crippen molar-refractivity contribution in [3.8, 4) is 0 Å². The Labute approximate surface area is 375 Å². The topological polar surface area (TPSA) is 22.0 Å². The lowest BCUT2D eigenvalue weighted by Crippen LogP contribution is -2.72. The molecule has 0 amide bonds. The first kappa shape index (κ1) is 37.9. The molecule has 7 heteroatoms. The number of rotatable bonds is 9. The molecule has 7 nitrogen and oxygen atoms in total. The fourth-order valence-corrected chi connectivity index (χ4v) is 10.6. The van der Waals surface area contributed by atoms with Crippen LogP contribution in [0.2, 0.25) is 0 Å². The van der Waals surface area contributed by atoms with Gasteiger partial charge in [-0.15, -0.1) is 0 Å². The molecule has 308 valence electrons. The minimum Gasteiger partial charge on any atom is -0.310 e. The summed E-state index contributed by atoms with van der Waals surface area (Å²) in [5, 5.41) is 0. The van der Waals surface area contributed by atoms with Crippen LogP contribution in [0, 0.1) is 0 Å². The van der Waals surface area contributed by atoms with Gasteiger partial charge in [0.2, 0.25) is 34.2 Å². The predicted octanol–water partition coefficient (Wildman–Crippen LogP) is 10.5. The number of anilines is 6. The van der Waals surface area contributed by atoms with Crippen LogP contribution in [-0.4, -0.2) is 75.0 Å². The summed E-state index contributed by atoms with van der Waals surface area (Å²) in [7, 11) is 6.84. The average Bonchev–Trinajstić information content (AvgIpc) is 3.35. The third-order valence-corrected chi connectivity index (χ3v) is 13.5. The van der Waals surface area contributed by atoms with E-state index in [1.54, 1.807) is 0 Å². The van der Waals surface area contributed by atoms with Gasteiger partial charge in [0.05, 0.1) is 17.1 Å². The minimum atomic E-state index is -0.00116. The first-order chi connectivity index (χ1) is 31.5. The summed E-state index contributed by atoms with van der Waals surface area (Å²) in [6.45, 7) is 0. The van der Waals surface area contributed by atoms with Gasteiger partial charge in [0.1, 0.15) is 21.1 Å². The van der Waals surface area contributed by atoms with Crippen molar-refractivity contribution < 1.29 is 13.7 Å². The molecule has 3 unspecified atom stereocenters. The molecule has 0 aromatic heterocycles. The monoisotopic (exact) mass is 830 g/mol. The molecule has 6 aliphatic rings. The molecular formula is C57H48N7+3. The first-order valence-electron chi connectivity index (χ1n) is 22.1. The van der Waals surface area contributed by atoms with Gasteiger partial charge < -0.3 is 14.7 Å². The van der Waals surface area contributed by atoms with Crippen molar-refractivity contribution >= 4 is 51.3 Å². The van der Waals surface area contributed by atoms with Gasteiger partial charge in [-0.1, -0.05) is 109 Å². The van der Waals surface area contributed by atoms with Crippen LogP contribution in [0.15, 0.2) is 253 Å². The zero-order valence-electron chi connectivity index (χ0n) is 36.1. The van der Waals surface area contributed by atoms with Crippen molar-refractivity contribution in [1.82, 2.24) is 4.90 Å². The van der Waals surface area contributed by atoms with E-state index in [1.807, 2.05) is 0 Å². The summed E-state index contributed by atoms with van der Waals surface area (Å²) in [5.74, 6) is 0. The lowest BCUT2D eigenvalue weighted by atomic mass is 9.79. The van der Waals surface area contributed by atoms with Gasteiger partial charge in [-0.05, 0) is 72.8 Å². The summed E-state index contributed by atoms with van der Waals surface area (Å²) in [4.78, 5) is 10.00. The van der Waals surface area contributed by atoms with E-state index in [4.69, 9.17) is 0 Å². The van der Waals surface area contributed by atoms with Crippen LogP contribution in [0.1, 0.15) is 0 Å². The number of para-hydroxylation sites is 6. The number of hydrogen-bond donors (Lipinski definition) is 0. The normalized spacial score (nSPS) is 20.6. The summed E-state index contributed by atoms with van der Waals surface area (Å²) in [6.07, 6.45) is 14.6. The summed E-state index contributed by atoms with van der Waals surface area (Å²) in [6, 6.07) is 64.6. The van der Waals surface area contributed by atoms with E-state index in [0.29, 0.717) is 0 Å². The Morgan fingerprint density at radius 2 is 0.500 bits per heavy atom. The highest BCUT2D eigenvalue weighted by Gasteiger charge is 2.65. The molecule has 0 fully saturated rings. The smallest absolute Gasteiger partial charge is 0.211 e. The van der Waals surface area contributed by atoms with E-state index in [9.17, 15) is 0 Å². The Bertz CT molecular complexity index is 2660. The Hall–Kier alpha value is -7.87. The van der Waals surface area contributed by atoms with E-state index in [0.717, 1.165) is 51.2 Å². The molecule has 3 heterocycles. The molecular weight excluding hydrogens is 783 g/mol. The van der Waals surface area contributed by atoms with E-state index < -0.39 is 0 Å². The number of allylic oxidation sites excluding steroid dienone is 3. The van der Waals surface area contributed by atoms with E-state index in [1.165, 1.54) is 34.2 Å². The SMILES string of the molecule is C[N+]1=C2C=C(N(c3ccccc3)c3ccccc3)C=C3C2N2C4C1=CC(N(c1ccccc1)c1ccccc1)=CC4=[N+](C)C1=CC(N(c4ccccc4)c4ccccc4)=CC(=[N+]3C)C12. The zero-order valence-corrected chi connectivity index (χ0v) is 36.1. The molecule has 6 aromatic rings. The van der Waals surface area contributed by atoms with Gasteiger partial charge in [-0.2, -0.15) is 13.7 Å². The van der Waals surface area contributed by atoms with Crippen molar-refractivity contribution in [3.05, 3.63) is 253 Å². The quantitative estimate of drug-likeness (QED) is 0.135. The molecule has 0 saturated carbocycles. The maximum absolute atomic E-state index is 2.80. The fourth-order valence-electron chi connectivity index (χ4n) is 10.6. The van der Waals surface area contributed by atoms with Crippen molar-refractivity contribution in [2.75, 3.05) is 35.8 Å². The Balaban J connectivity index is 1.15. The van der Waals surface area contributed by atoms with Crippen molar-refractivity contribution in [2.24, 2.45) is 0 Å². The maximum Gasteiger partial charge on any atom is 0.211 e. The molecule has 0 N–H and O–H groups in total. The molecule has 0 bridgehead atoms. The number of benzene rings is 6. The molecule has 0 radical (unpaired) electrons. The van der Waals surface area contributed by atoms with Gasteiger partial charge >= 0.3 is 0 Å². The van der Waals surface area contributed by atoms with Crippen LogP contribution >= 0.6 is 0 Å². The highest BCUT2D eigenvalue weighted by Crippen LogP contribution is 2.47. The van der Waals surface area contributed by atoms with Gasteiger partial charge in [0, 0.05) is 70.6 Å². The van der Waals surface area contributed by atoms with Gasteiger partial charge in [-0.3, -0.25) is 0 Å². The molecule has 3 atom stereocenters. The van der Waals surface area contributed by atoms with Crippen molar-refractivity contribution in [2.45, 2.75) is 18.1 Å². The molecule has 6 aromatic carbocycles. The van der Waals surface area contributed by atoms with Gasteiger partial charge in [0.25, 0.3) is 0 Å². The van der Waals surface area contributed by atoms with Crippen LogP contribution in [0.4, 0.5) is 34.1 Å². The third-order valence-electron chi connectivity index (χ3n) is 13.5. The molecule has 0 spiro atoms. The summed E-state index contributed by atoms with van der Waals surface area (Å²) in [5.41, 5.74) is 17.5. The second-order valence-electron chi connectivity index (χ2n) is 17.0. The zero-order chi connectivity index (χ0) is 42.9. The second-order valence-corrected chi connectivity index (χ2v) is 17.0. The van der Waals surface area contributed by atoms with Crippen LogP contribution < -0.4 is 14.7 Å². The average molecular weight is 831 g/mol. The molecule has 3 aliphatic carbocycles. The van der Waals surface area contributed by atoms with E-state index in [-0.39, 0.29) is 18.1 Å². The van der Waals surface area contributed by atoms with Crippen molar-refractivity contribution in [3.63, 3.8) is 0 Å². The minimum absolute atomic E-state index is 0.00116. The second kappa shape index (κ2) is 15.2. The highest BCUT2D eigenvalue weighted by atomic mass is 15.4. The predicted molar refractivity (Wildman–Crippen MR) is 260 cm³/mol. The van der Waals surface area contributed by atoms with Gasteiger partial charge in [-0.25, -0.2) is 4.90 Å². The Morgan fingerprint density at radius 3 is 0.703 bits per heavy atom. The lowest BCUT2D eigenvalue weighted by molar-refractivity contribution is -0.502. The Kier molecular flexibility index (Phi) is 8.98. The number of hydrogen-bond acceptors (Lipinski definition) is 4. The highest BCUT2D eigenvalue weighted by molar-refractivity contribution is 6.11. The first-order valence-corrected chi connectivity index (χ1v) is 22.1. The molecule has 12 rings (SSSR count). The van der Waals surface area contributed by atoms with E-state index in [2.05, 4.69) is 273 Å². The molecule has 0 saturated heterocycles. The van der Waals surface area contributed by atoms with Crippen LogP contribution in [0.25, 0.3) is 0 Å². The Morgan fingerprint density at radius 1 is 0.297 bits per heavy atom. The molecule has 64 heavy (non-hydrogen) atoms. The summed E-state index contributed by atoms with van der Waals surface area (Å²) >= 11 is 0. The van der Waals surface area contributed by atoms with Crippen molar-refractivity contribution in [1.29, 1.82) is 0 Å². The number of nitrogens with zero attached hydrogens (tertiary/aromatic N) is 7. The van der Waals surface area contributed by atoms with Crippen LogP contribution in [0.5, 0.6) is 0 Å². The van der Waals surface area contributed by atoms with Crippen LogP contribution in [-0.2, 0) is 0 Å².